The van der Waals surface area contributed by atoms with Gasteiger partial charge in [0.15, 0.2) is 0 Å². The predicted octanol–water partition coefficient (Wildman–Crippen LogP) is 2.84. The van der Waals surface area contributed by atoms with Crippen molar-refractivity contribution >= 4 is 5.69 Å². The normalized spacial score (nSPS) is 12.1. The molecule has 5 heteroatoms. The van der Waals surface area contributed by atoms with Crippen LogP contribution in [0.5, 0.6) is 0 Å². The lowest BCUT2D eigenvalue weighted by molar-refractivity contribution is -0.384. The van der Waals surface area contributed by atoms with Gasteiger partial charge in [-0.25, -0.2) is 0 Å². The van der Waals surface area contributed by atoms with Crippen molar-refractivity contribution in [3.05, 3.63) is 52.6 Å². The van der Waals surface area contributed by atoms with E-state index in [-0.39, 0.29) is 11.7 Å². The van der Waals surface area contributed by atoms with Crippen molar-refractivity contribution in [2.24, 2.45) is 0 Å². The Kier molecular flexibility index (Phi) is 6.78. The number of nitro benzene ring substituents is 1. The number of nitrogens with one attached hydrogen (secondary N) is 1. The van der Waals surface area contributed by atoms with Gasteiger partial charge in [0.1, 0.15) is 0 Å². The average Bonchev–Trinajstić information content (AvgIpc) is 2.42. The largest absolute Gasteiger partial charge is 0.380 e. The summed E-state index contributed by atoms with van der Waals surface area (Å²) in [5.74, 6) is 0. The molecule has 0 saturated carbocycles. The van der Waals surface area contributed by atoms with E-state index in [1.165, 1.54) is 12.1 Å². The predicted molar refractivity (Wildman–Crippen MR) is 75.1 cm³/mol. The van der Waals surface area contributed by atoms with Crippen LogP contribution in [0.2, 0.25) is 0 Å². The Hall–Kier alpha value is -1.72. The third kappa shape index (κ3) is 5.63. The second kappa shape index (κ2) is 8.39. The van der Waals surface area contributed by atoms with Crippen molar-refractivity contribution in [3.8, 4) is 0 Å². The van der Waals surface area contributed by atoms with Gasteiger partial charge in [0, 0.05) is 24.7 Å². The Labute approximate surface area is 113 Å². The minimum Gasteiger partial charge on any atom is -0.380 e. The summed E-state index contributed by atoms with van der Waals surface area (Å²) in [6, 6.07) is 6.73. The number of hydrogen-bond donors (Lipinski definition) is 1. The van der Waals surface area contributed by atoms with Gasteiger partial charge in [-0.1, -0.05) is 18.2 Å². The first-order chi connectivity index (χ1) is 9.15. The third-order valence-corrected chi connectivity index (χ3v) is 2.77. The Morgan fingerprint density at radius 1 is 1.42 bits per heavy atom. The summed E-state index contributed by atoms with van der Waals surface area (Å²) in [7, 11) is 0. The van der Waals surface area contributed by atoms with Gasteiger partial charge in [0.05, 0.1) is 18.1 Å². The zero-order valence-corrected chi connectivity index (χ0v) is 11.2. The lowest BCUT2D eigenvalue weighted by atomic mass is 10.1. The average molecular weight is 264 g/mol. The summed E-state index contributed by atoms with van der Waals surface area (Å²) in [6.45, 7) is 7.72. The lowest BCUT2D eigenvalue weighted by Gasteiger charge is -2.14. The van der Waals surface area contributed by atoms with E-state index in [0.29, 0.717) is 13.2 Å². The van der Waals surface area contributed by atoms with Gasteiger partial charge >= 0.3 is 0 Å². The second-order valence-electron chi connectivity index (χ2n) is 4.21. The summed E-state index contributed by atoms with van der Waals surface area (Å²) in [4.78, 5) is 10.2. The highest BCUT2D eigenvalue weighted by molar-refractivity contribution is 5.33. The van der Waals surface area contributed by atoms with Crippen LogP contribution in [0.15, 0.2) is 36.9 Å². The molecule has 0 fully saturated rings. The highest BCUT2D eigenvalue weighted by Gasteiger charge is 2.08. The van der Waals surface area contributed by atoms with E-state index in [0.717, 1.165) is 18.5 Å². The van der Waals surface area contributed by atoms with Crippen molar-refractivity contribution in [2.75, 3.05) is 19.8 Å². The first-order valence-corrected chi connectivity index (χ1v) is 6.31. The quantitative estimate of drug-likeness (QED) is 0.322. The van der Waals surface area contributed by atoms with Crippen LogP contribution in [-0.4, -0.2) is 24.7 Å². The van der Waals surface area contributed by atoms with Gasteiger partial charge in [0.2, 0.25) is 0 Å². The molecule has 0 heterocycles. The Morgan fingerprint density at radius 3 is 2.68 bits per heavy atom. The first kappa shape index (κ1) is 15.3. The molecule has 1 atom stereocenters. The summed E-state index contributed by atoms with van der Waals surface area (Å²) >= 11 is 0. The van der Waals surface area contributed by atoms with Gasteiger partial charge in [-0.3, -0.25) is 10.1 Å². The summed E-state index contributed by atoms with van der Waals surface area (Å²) in [5.41, 5.74) is 1.14. The molecular formula is C14H20N2O3. The minimum absolute atomic E-state index is 0.115. The fourth-order valence-corrected chi connectivity index (χ4v) is 1.62. The number of hydrogen-bond acceptors (Lipinski definition) is 4. The fraction of sp³-hybridized carbons (Fsp3) is 0.429. The highest BCUT2D eigenvalue weighted by Crippen LogP contribution is 2.17. The van der Waals surface area contributed by atoms with Crippen LogP contribution < -0.4 is 5.32 Å². The van der Waals surface area contributed by atoms with E-state index in [9.17, 15) is 10.1 Å². The smallest absolute Gasteiger partial charge is 0.269 e. The molecule has 0 aliphatic rings. The molecule has 19 heavy (non-hydrogen) atoms. The number of non-ortho nitro benzene ring substituents is 1. The van der Waals surface area contributed by atoms with Gasteiger partial charge in [-0.15, -0.1) is 6.58 Å². The number of benzene rings is 1. The molecule has 0 aliphatic heterocycles. The first-order valence-electron chi connectivity index (χ1n) is 6.31. The zero-order chi connectivity index (χ0) is 14.1. The van der Waals surface area contributed by atoms with Crippen LogP contribution in [0.3, 0.4) is 0 Å². The summed E-state index contributed by atoms with van der Waals surface area (Å²) in [6.07, 6.45) is 2.69. The van der Waals surface area contributed by atoms with Gasteiger partial charge < -0.3 is 10.1 Å². The standard InChI is InChI=1S/C14H20N2O3/c1-3-4-10-19-11-9-15-12(2)13-5-7-14(8-6-13)16(17)18/h3,5-8,12,15H,1,4,9-11H2,2H3. The molecule has 1 aromatic carbocycles. The van der Waals surface area contributed by atoms with Crippen LogP contribution in [0.1, 0.15) is 24.9 Å². The molecule has 0 amide bonds. The van der Waals surface area contributed by atoms with E-state index in [4.69, 9.17) is 4.74 Å². The van der Waals surface area contributed by atoms with E-state index < -0.39 is 4.92 Å². The number of rotatable bonds is 9. The topological polar surface area (TPSA) is 64.4 Å². The maximum atomic E-state index is 10.5. The van der Waals surface area contributed by atoms with Crippen molar-refractivity contribution < 1.29 is 9.66 Å². The Balaban J connectivity index is 2.30. The van der Waals surface area contributed by atoms with Crippen molar-refractivity contribution in [1.82, 2.24) is 5.32 Å². The monoisotopic (exact) mass is 264 g/mol. The van der Waals surface area contributed by atoms with Crippen molar-refractivity contribution in [3.63, 3.8) is 0 Å². The molecule has 1 unspecified atom stereocenters. The molecule has 0 bridgehead atoms. The Bertz CT molecular complexity index is 404. The van der Waals surface area contributed by atoms with E-state index in [2.05, 4.69) is 11.9 Å². The minimum atomic E-state index is -0.394. The van der Waals surface area contributed by atoms with Crippen molar-refractivity contribution in [1.29, 1.82) is 0 Å². The molecule has 0 saturated heterocycles. The molecular weight excluding hydrogens is 244 g/mol. The van der Waals surface area contributed by atoms with Crippen molar-refractivity contribution in [2.45, 2.75) is 19.4 Å². The summed E-state index contributed by atoms with van der Waals surface area (Å²) < 4.78 is 5.39. The molecule has 1 rings (SSSR count). The maximum absolute atomic E-state index is 10.5. The highest BCUT2D eigenvalue weighted by atomic mass is 16.6. The van der Waals surface area contributed by atoms with Crippen LogP contribution in [0, 0.1) is 10.1 Å². The number of nitro groups is 1. The van der Waals surface area contributed by atoms with Crippen LogP contribution in [-0.2, 0) is 4.74 Å². The molecule has 0 spiro atoms. The van der Waals surface area contributed by atoms with E-state index >= 15 is 0 Å². The van der Waals surface area contributed by atoms with Gasteiger partial charge in [-0.05, 0) is 18.9 Å². The second-order valence-corrected chi connectivity index (χ2v) is 4.21. The third-order valence-electron chi connectivity index (χ3n) is 2.77. The molecule has 0 aromatic heterocycles. The van der Waals surface area contributed by atoms with Crippen LogP contribution >= 0.6 is 0 Å². The molecule has 0 radical (unpaired) electrons. The molecule has 1 N–H and O–H groups in total. The van der Waals surface area contributed by atoms with Crippen LogP contribution in [0.4, 0.5) is 5.69 Å². The molecule has 5 nitrogen and oxygen atoms in total. The SMILES string of the molecule is C=CCCOCCNC(C)c1ccc([N+](=O)[O-])cc1. The van der Waals surface area contributed by atoms with E-state index in [1.54, 1.807) is 12.1 Å². The molecule has 104 valence electrons. The maximum Gasteiger partial charge on any atom is 0.269 e. The Morgan fingerprint density at radius 2 is 2.11 bits per heavy atom. The van der Waals surface area contributed by atoms with Gasteiger partial charge in [0.25, 0.3) is 5.69 Å². The van der Waals surface area contributed by atoms with Gasteiger partial charge in [-0.2, -0.15) is 0 Å². The number of nitrogens with zero attached hydrogens (tertiary/aromatic N) is 1. The summed E-state index contributed by atoms with van der Waals surface area (Å²) in [5, 5.41) is 13.8. The van der Waals surface area contributed by atoms with E-state index in [1.807, 2.05) is 13.0 Å². The zero-order valence-electron chi connectivity index (χ0n) is 11.2. The molecule has 0 aliphatic carbocycles. The fourth-order valence-electron chi connectivity index (χ4n) is 1.62. The molecule has 1 aromatic rings. The number of ether oxygens (including phenoxy) is 1. The van der Waals surface area contributed by atoms with Crippen LogP contribution in [0.25, 0.3) is 0 Å². The lowest BCUT2D eigenvalue weighted by Crippen LogP contribution is -2.23.